The summed E-state index contributed by atoms with van der Waals surface area (Å²) in [5.74, 6) is 8.48. The lowest BCUT2D eigenvalue weighted by Gasteiger charge is -2.36. The van der Waals surface area contributed by atoms with E-state index in [1.165, 1.54) is 29.5 Å². The van der Waals surface area contributed by atoms with Crippen LogP contribution in [0.2, 0.25) is 0 Å². The predicted octanol–water partition coefficient (Wildman–Crippen LogP) is 4.54. The summed E-state index contributed by atoms with van der Waals surface area (Å²) in [5.41, 5.74) is 7.21. The molecule has 2 N–H and O–H groups in total. The molecule has 0 amide bonds. The lowest BCUT2D eigenvalue weighted by molar-refractivity contribution is 0.146. The number of likely N-dealkylation sites (tertiary alicyclic amines) is 1. The normalized spacial score (nSPS) is 17.6. The van der Waals surface area contributed by atoms with Crippen LogP contribution in [-0.4, -0.2) is 49.4 Å². The molecule has 8 nitrogen and oxygen atoms in total. The zero-order chi connectivity index (χ0) is 26.8. The first kappa shape index (κ1) is 25.4. The Morgan fingerprint density at radius 1 is 1.05 bits per heavy atom. The highest BCUT2D eigenvalue weighted by Crippen LogP contribution is 2.31. The van der Waals surface area contributed by atoms with Crippen molar-refractivity contribution in [2.24, 2.45) is 16.8 Å². The van der Waals surface area contributed by atoms with Crippen LogP contribution in [0.1, 0.15) is 42.0 Å². The average molecular weight is 521 g/mol. The second kappa shape index (κ2) is 11.1. The Labute approximate surface area is 229 Å². The number of aliphatic imine (C=N–C) groups is 1. The Balaban J connectivity index is 1.18. The van der Waals surface area contributed by atoms with Crippen molar-refractivity contribution in [2.45, 2.75) is 52.1 Å². The molecule has 2 aliphatic rings. The van der Waals surface area contributed by atoms with Crippen LogP contribution in [-0.2, 0) is 19.4 Å². The molecule has 39 heavy (non-hydrogen) atoms. The number of anilines is 1. The molecule has 1 saturated heterocycles. The maximum absolute atomic E-state index is 6.62. The number of aryl methyl sites for hydroxylation is 1. The number of hydrazine groups is 1. The zero-order valence-electron chi connectivity index (χ0n) is 22.7. The third-order valence-corrected chi connectivity index (χ3v) is 8.23. The fourth-order valence-corrected chi connectivity index (χ4v) is 5.90. The molecule has 1 aliphatic heterocycles. The van der Waals surface area contributed by atoms with Crippen LogP contribution in [0.15, 0.2) is 83.9 Å². The van der Waals surface area contributed by atoms with Gasteiger partial charge in [0, 0.05) is 30.2 Å². The molecule has 0 unspecified atom stereocenters. The summed E-state index contributed by atoms with van der Waals surface area (Å²) in [7, 11) is 0. The predicted molar refractivity (Wildman–Crippen MR) is 155 cm³/mol. The van der Waals surface area contributed by atoms with Crippen LogP contribution < -0.4 is 10.9 Å². The van der Waals surface area contributed by atoms with Crippen molar-refractivity contribution in [3.63, 3.8) is 0 Å². The summed E-state index contributed by atoms with van der Waals surface area (Å²) < 4.78 is 1.77. The molecule has 8 heteroatoms. The van der Waals surface area contributed by atoms with Crippen molar-refractivity contribution in [3.05, 3.63) is 101 Å². The maximum Gasteiger partial charge on any atom is 0.159 e. The van der Waals surface area contributed by atoms with E-state index in [1.54, 1.807) is 15.7 Å². The van der Waals surface area contributed by atoms with E-state index >= 15 is 0 Å². The Morgan fingerprint density at radius 2 is 1.82 bits per heavy atom. The quantitative estimate of drug-likeness (QED) is 0.174. The molecule has 0 atom stereocenters. The highest BCUT2D eigenvalue weighted by molar-refractivity contribution is 6.04. The van der Waals surface area contributed by atoms with Crippen molar-refractivity contribution in [2.75, 3.05) is 18.1 Å². The van der Waals surface area contributed by atoms with Gasteiger partial charge in [0.1, 0.15) is 11.7 Å². The lowest BCUT2D eigenvalue weighted by Crippen LogP contribution is -2.42. The first-order valence-corrected chi connectivity index (χ1v) is 13.8. The molecule has 1 aromatic carbocycles. The monoisotopic (exact) mass is 520 g/mol. The Morgan fingerprint density at radius 3 is 2.54 bits per heavy atom. The molecular formula is C31H36N8. The van der Waals surface area contributed by atoms with Gasteiger partial charge in [0.2, 0.25) is 0 Å². The van der Waals surface area contributed by atoms with Crippen molar-refractivity contribution in [1.29, 1.82) is 0 Å². The molecule has 0 radical (unpaired) electrons. The number of nitrogens with zero attached hydrogens (tertiary/aromatic N) is 7. The smallest absolute Gasteiger partial charge is 0.159 e. The first-order valence-electron chi connectivity index (χ1n) is 13.8. The second-order valence-electron chi connectivity index (χ2n) is 10.8. The molecule has 6 rings (SSSR count). The largest absolute Gasteiger partial charge is 0.300 e. The highest BCUT2D eigenvalue weighted by Gasteiger charge is 2.30. The van der Waals surface area contributed by atoms with Crippen LogP contribution >= 0.6 is 0 Å². The number of allylic oxidation sites excluding steroid dienone is 1. The van der Waals surface area contributed by atoms with Gasteiger partial charge in [0.25, 0.3) is 0 Å². The van der Waals surface area contributed by atoms with Crippen LogP contribution in [0.4, 0.5) is 5.82 Å². The van der Waals surface area contributed by atoms with E-state index in [1.807, 2.05) is 43.7 Å². The van der Waals surface area contributed by atoms with Crippen LogP contribution in [0.5, 0.6) is 0 Å². The first-order chi connectivity index (χ1) is 19.0. The number of pyridine rings is 1. The minimum atomic E-state index is 0.430. The number of piperidine rings is 1. The third kappa shape index (κ3) is 5.48. The summed E-state index contributed by atoms with van der Waals surface area (Å²) in [4.78, 5) is 16.7. The number of nitrogens with two attached hydrogens (primary N) is 1. The lowest BCUT2D eigenvalue weighted by atomic mass is 9.88. The van der Waals surface area contributed by atoms with Gasteiger partial charge in [-0.25, -0.2) is 25.3 Å². The molecule has 1 fully saturated rings. The Hall–Kier alpha value is -3.88. The van der Waals surface area contributed by atoms with Crippen LogP contribution in [0.25, 0.3) is 5.65 Å². The number of aromatic nitrogens is 4. The van der Waals surface area contributed by atoms with Gasteiger partial charge < -0.3 is 0 Å². The maximum atomic E-state index is 6.62. The van der Waals surface area contributed by atoms with Crippen LogP contribution in [0.3, 0.4) is 0 Å². The van der Waals surface area contributed by atoms with Gasteiger partial charge in [-0.05, 0) is 93.4 Å². The molecule has 200 valence electrons. The molecule has 4 heterocycles. The average Bonchev–Trinajstić information content (AvgIpc) is 3.60. The zero-order valence-corrected chi connectivity index (χ0v) is 22.7. The van der Waals surface area contributed by atoms with Gasteiger partial charge in [-0.2, -0.15) is 5.10 Å². The summed E-state index contributed by atoms with van der Waals surface area (Å²) in [5, 5.41) is 5.99. The SMILES string of the molecule is C/C(=C\C(=NCc1cnn2cccnc12)N(N)c1ccc(C)cn1)C1CCN(C2Cc3ccccc3C2)CC1. The van der Waals surface area contributed by atoms with E-state index in [0.29, 0.717) is 30.2 Å². The van der Waals surface area contributed by atoms with Gasteiger partial charge in [-0.1, -0.05) is 35.9 Å². The Kier molecular flexibility index (Phi) is 7.22. The van der Waals surface area contributed by atoms with Crippen LogP contribution in [0, 0.1) is 12.8 Å². The molecule has 3 aromatic heterocycles. The molecular weight excluding hydrogens is 484 g/mol. The number of hydrogen-bond acceptors (Lipinski definition) is 6. The van der Waals surface area contributed by atoms with E-state index in [-0.39, 0.29) is 0 Å². The molecule has 0 bridgehead atoms. The number of rotatable bonds is 6. The van der Waals surface area contributed by atoms with Crippen molar-refractivity contribution < 1.29 is 0 Å². The minimum absolute atomic E-state index is 0.430. The number of amidine groups is 1. The summed E-state index contributed by atoms with van der Waals surface area (Å²) in [6, 6.07) is 15.4. The van der Waals surface area contributed by atoms with E-state index in [0.717, 1.165) is 42.7 Å². The fraction of sp³-hybridized carbons (Fsp3) is 0.355. The topological polar surface area (TPSA) is 87.9 Å². The molecule has 0 saturated carbocycles. The van der Waals surface area contributed by atoms with Crippen molar-refractivity contribution in [3.8, 4) is 0 Å². The van der Waals surface area contributed by atoms with Gasteiger partial charge in [0.15, 0.2) is 5.65 Å². The standard InChI is InChI=1S/C31H36N8/c1-22-8-9-29(34-19-22)39(32)30(35-20-27-21-36-38-13-5-12-33-31(27)38)16-23(2)24-10-14-37(15-11-24)28-17-25-6-3-4-7-26(25)18-28/h3-9,12-13,16,19,21,24,28H,10-11,14-15,17-18,20,32H2,1-2H3/b23-16+,35-30?. The van der Waals surface area contributed by atoms with Gasteiger partial charge in [0.05, 0.1) is 12.7 Å². The molecule has 0 spiro atoms. The summed E-state index contributed by atoms with van der Waals surface area (Å²) in [6.45, 7) is 6.92. The van der Waals surface area contributed by atoms with Gasteiger partial charge >= 0.3 is 0 Å². The molecule has 4 aromatic rings. The van der Waals surface area contributed by atoms with E-state index in [2.05, 4.69) is 57.2 Å². The highest BCUT2D eigenvalue weighted by atomic mass is 15.5. The second-order valence-corrected chi connectivity index (χ2v) is 10.8. The Bertz CT molecular complexity index is 1470. The molecule has 1 aliphatic carbocycles. The number of fused-ring (bicyclic) bond motifs is 2. The van der Waals surface area contributed by atoms with Crippen molar-refractivity contribution >= 4 is 17.3 Å². The van der Waals surface area contributed by atoms with E-state index < -0.39 is 0 Å². The van der Waals surface area contributed by atoms with E-state index in [4.69, 9.17) is 10.8 Å². The van der Waals surface area contributed by atoms with Gasteiger partial charge in [-0.15, -0.1) is 0 Å². The summed E-state index contributed by atoms with van der Waals surface area (Å²) in [6.07, 6.45) is 14.1. The van der Waals surface area contributed by atoms with Gasteiger partial charge in [-0.3, -0.25) is 9.89 Å². The van der Waals surface area contributed by atoms with E-state index in [9.17, 15) is 0 Å². The number of hydrogen-bond donors (Lipinski definition) is 1. The summed E-state index contributed by atoms with van der Waals surface area (Å²) >= 11 is 0. The minimum Gasteiger partial charge on any atom is -0.300 e. The third-order valence-electron chi connectivity index (χ3n) is 8.23. The van der Waals surface area contributed by atoms with Crippen molar-refractivity contribution in [1.82, 2.24) is 24.5 Å². The fourth-order valence-electron chi connectivity index (χ4n) is 5.90. The number of benzene rings is 1.